The highest BCUT2D eigenvalue weighted by molar-refractivity contribution is 9.10. The van der Waals surface area contributed by atoms with E-state index in [4.69, 9.17) is 0 Å². The zero-order valence-electron chi connectivity index (χ0n) is 10.0. The Balaban J connectivity index is 2.53. The van der Waals surface area contributed by atoms with Gasteiger partial charge in [-0.05, 0) is 61.0 Å². The molecule has 0 aliphatic heterocycles. The van der Waals surface area contributed by atoms with Crippen molar-refractivity contribution in [2.24, 2.45) is 0 Å². The Labute approximate surface area is 109 Å². The van der Waals surface area contributed by atoms with Gasteiger partial charge in [0, 0.05) is 11.6 Å². The van der Waals surface area contributed by atoms with E-state index >= 15 is 0 Å². The van der Waals surface area contributed by atoms with Crippen LogP contribution < -0.4 is 0 Å². The lowest BCUT2D eigenvalue weighted by atomic mass is 10.1. The molecule has 0 aliphatic rings. The van der Waals surface area contributed by atoms with Gasteiger partial charge in [-0.25, -0.2) is 4.39 Å². The minimum absolute atomic E-state index is 0.232. The minimum atomic E-state index is -0.232. The van der Waals surface area contributed by atoms with Crippen LogP contribution in [-0.2, 0) is 0 Å². The summed E-state index contributed by atoms with van der Waals surface area (Å²) in [6, 6.07) is 6.69. The van der Waals surface area contributed by atoms with Crippen molar-refractivity contribution in [2.45, 2.75) is 26.8 Å². The molecule has 0 atom stereocenters. The van der Waals surface area contributed by atoms with Crippen LogP contribution in [0.1, 0.15) is 25.6 Å². The maximum absolute atomic E-state index is 12.9. The lowest BCUT2D eigenvalue weighted by molar-refractivity contribution is 0.520. The molecule has 0 fully saturated rings. The maximum atomic E-state index is 12.9. The molecule has 0 radical (unpaired) electrons. The van der Waals surface area contributed by atoms with Crippen molar-refractivity contribution < 1.29 is 4.39 Å². The first-order valence-corrected chi connectivity index (χ1v) is 6.30. The number of hydrogen-bond acceptors (Lipinski definition) is 1. The summed E-state index contributed by atoms with van der Waals surface area (Å²) in [5.41, 5.74) is 2.86. The van der Waals surface area contributed by atoms with Gasteiger partial charge < -0.3 is 0 Å². The first-order chi connectivity index (χ1) is 8.00. The average molecular weight is 297 g/mol. The molecule has 0 N–H and O–H groups in total. The molecule has 0 spiro atoms. The topological polar surface area (TPSA) is 17.8 Å². The largest absolute Gasteiger partial charge is 0.266 e. The fourth-order valence-corrected chi connectivity index (χ4v) is 2.28. The maximum Gasteiger partial charge on any atom is 0.123 e. The second-order valence-electron chi connectivity index (χ2n) is 4.29. The van der Waals surface area contributed by atoms with E-state index in [1.807, 2.05) is 11.6 Å². The van der Waals surface area contributed by atoms with Crippen molar-refractivity contribution in [3.63, 3.8) is 0 Å². The van der Waals surface area contributed by atoms with Gasteiger partial charge >= 0.3 is 0 Å². The lowest BCUT2D eigenvalue weighted by Gasteiger charge is -2.07. The Kier molecular flexibility index (Phi) is 3.33. The van der Waals surface area contributed by atoms with E-state index in [1.165, 1.54) is 12.1 Å². The van der Waals surface area contributed by atoms with E-state index < -0.39 is 0 Å². The van der Waals surface area contributed by atoms with Crippen LogP contribution in [0.3, 0.4) is 0 Å². The highest BCUT2D eigenvalue weighted by Gasteiger charge is 2.15. The van der Waals surface area contributed by atoms with Gasteiger partial charge in [0.2, 0.25) is 0 Å². The number of hydrogen-bond donors (Lipinski definition) is 0. The molecule has 1 heterocycles. The normalized spacial score (nSPS) is 11.2. The summed E-state index contributed by atoms with van der Waals surface area (Å²) >= 11 is 3.55. The second kappa shape index (κ2) is 4.61. The Morgan fingerprint density at radius 3 is 2.29 bits per heavy atom. The monoisotopic (exact) mass is 296 g/mol. The van der Waals surface area contributed by atoms with Crippen molar-refractivity contribution in [2.75, 3.05) is 0 Å². The lowest BCUT2D eigenvalue weighted by Crippen LogP contribution is -2.04. The fraction of sp³-hybridized carbons (Fsp3) is 0.308. The van der Waals surface area contributed by atoms with Crippen LogP contribution in [0.25, 0.3) is 11.3 Å². The molecule has 2 rings (SSSR count). The number of nitrogens with zero attached hydrogens (tertiary/aromatic N) is 2. The first kappa shape index (κ1) is 12.3. The van der Waals surface area contributed by atoms with E-state index in [0.29, 0.717) is 6.04 Å². The predicted octanol–water partition coefficient (Wildman–Crippen LogP) is 4.34. The zero-order chi connectivity index (χ0) is 12.6. The van der Waals surface area contributed by atoms with E-state index in [0.717, 1.165) is 21.4 Å². The number of halogens is 2. The summed E-state index contributed by atoms with van der Waals surface area (Å²) in [6.07, 6.45) is 0. The highest BCUT2D eigenvalue weighted by atomic mass is 79.9. The third kappa shape index (κ3) is 2.27. The summed E-state index contributed by atoms with van der Waals surface area (Å²) in [5.74, 6) is -0.232. The molecular weight excluding hydrogens is 283 g/mol. The molecule has 1 aromatic heterocycles. The van der Waals surface area contributed by atoms with Crippen LogP contribution in [0.4, 0.5) is 4.39 Å². The Hall–Kier alpha value is -1.16. The number of benzene rings is 1. The van der Waals surface area contributed by atoms with Crippen molar-refractivity contribution in [3.05, 3.63) is 40.2 Å². The van der Waals surface area contributed by atoms with Crippen molar-refractivity contribution in [1.29, 1.82) is 0 Å². The smallest absolute Gasteiger partial charge is 0.123 e. The molecule has 2 aromatic rings. The summed E-state index contributed by atoms with van der Waals surface area (Å²) in [6.45, 7) is 6.19. The van der Waals surface area contributed by atoms with Gasteiger partial charge in [0.05, 0.1) is 10.2 Å². The van der Waals surface area contributed by atoms with Crippen LogP contribution in [0, 0.1) is 12.7 Å². The van der Waals surface area contributed by atoms with Crippen LogP contribution in [0.15, 0.2) is 28.7 Å². The molecule has 17 heavy (non-hydrogen) atoms. The third-order valence-corrected chi connectivity index (χ3v) is 3.63. The summed E-state index contributed by atoms with van der Waals surface area (Å²) in [4.78, 5) is 0. The van der Waals surface area contributed by atoms with E-state index in [9.17, 15) is 4.39 Å². The molecule has 0 unspecified atom stereocenters. The quantitative estimate of drug-likeness (QED) is 0.806. The summed E-state index contributed by atoms with van der Waals surface area (Å²) < 4.78 is 15.8. The molecule has 2 nitrogen and oxygen atoms in total. The van der Waals surface area contributed by atoms with E-state index in [1.54, 1.807) is 12.1 Å². The molecule has 0 amide bonds. The molecule has 0 aliphatic carbocycles. The summed E-state index contributed by atoms with van der Waals surface area (Å²) in [7, 11) is 0. The Morgan fingerprint density at radius 2 is 1.82 bits per heavy atom. The minimum Gasteiger partial charge on any atom is -0.266 e. The molecule has 1 aromatic carbocycles. The van der Waals surface area contributed by atoms with E-state index in [-0.39, 0.29) is 5.82 Å². The van der Waals surface area contributed by atoms with Crippen LogP contribution in [0.2, 0.25) is 0 Å². The molecule has 90 valence electrons. The van der Waals surface area contributed by atoms with Crippen molar-refractivity contribution in [3.8, 4) is 11.3 Å². The Morgan fingerprint density at radius 1 is 1.24 bits per heavy atom. The van der Waals surface area contributed by atoms with Crippen molar-refractivity contribution in [1.82, 2.24) is 9.78 Å². The molecule has 0 saturated heterocycles. The average Bonchev–Trinajstić information content (AvgIpc) is 2.58. The number of aromatic nitrogens is 2. The first-order valence-electron chi connectivity index (χ1n) is 5.51. The fourth-order valence-electron chi connectivity index (χ4n) is 1.79. The summed E-state index contributed by atoms with van der Waals surface area (Å²) in [5, 5.41) is 4.56. The van der Waals surface area contributed by atoms with E-state index in [2.05, 4.69) is 34.9 Å². The SMILES string of the molecule is Cc1c(Br)c(-c2ccc(F)cc2)nn1C(C)C. The van der Waals surface area contributed by atoms with Crippen LogP contribution >= 0.6 is 15.9 Å². The highest BCUT2D eigenvalue weighted by Crippen LogP contribution is 2.31. The van der Waals surface area contributed by atoms with Gasteiger partial charge in [-0.2, -0.15) is 5.10 Å². The number of rotatable bonds is 2. The Bertz CT molecular complexity index is 529. The second-order valence-corrected chi connectivity index (χ2v) is 5.09. The molecular formula is C13H14BrFN2. The molecule has 0 saturated carbocycles. The van der Waals surface area contributed by atoms with Gasteiger partial charge in [0.25, 0.3) is 0 Å². The van der Waals surface area contributed by atoms with Gasteiger partial charge in [-0.1, -0.05) is 0 Å². The van der Waals surface area contributed by atoms with Crippen molar-refractivity contribution >= 4 is 15.9 Å². The van der Waals surface area contributed by atoms with Gasteiger partial charge in [-0.3, -0.25) is 4.68 Å². The molecule has 4 heteroatoms. The van der Waals surface area contributed by atoms with Crippen LogP contribution in [-0.4, -0.2) is 9.78 Å². The van der Waals surface area contributed by atoms with Crippen LogP contribution in [0.5, 0.6) is 0 Å². The predicted molar refractivity (Wildman–Crippen MR) is 70.4 cm³/mol. The van der Waals surface area contributed by atoms with Gasteiger partial charge in [-0.15, -0.1) is 0 Å². The van der Waals surface area contributed by atoms with Gasteiger partial charge in [0.15, 0.2) is 0 Å². The zero-order valence-corrected chi connectivity index (χ0v) is 11.6. The molecule has 0 bridgehead atoms. The third-order valence-electron chi connectivity index (χ3n) is 2.68. The standard InChI is InChI=1S/C13H14BrFN2/c1-8(2)17-9(3)12(14)13(16-17)10-4-6-11(15)7-5-10/h4-8H,1-3H3. The van der Waals surface area contributed by atoms with Gasteiger partial charge in [0.1, 0.15) is 11.5 Å².